The molecule has 0 bridgehead atoms. The highest BCUT2D eigenvalue weighted by atomic mass is 19.1. The number of benzene rings is 2. The molecule has 0 aliphatic carbocycles. The molecule has 0 saturated carbocycles. The van der Waals surface area contributed by atoms with E-state index < -0.39 is 12.0 Å². The molecule has 0 spiro atoms. The monoisotopic (exact) mass is 387 g/mol. The SMILES string of the molecule is CCOc1ccc(C(c2ccc(F)cc2)N2CCCCC2C(=O)O)cc1OC. The van der Waals surface area contributed by atoms with E-state index in [0.717, 1.165) is 24.0 Å². The molecule has 1 fully saturated rings. The summed E-state index contributed by atoms with van der Waals surface area (Å²) < 4.78 is 24.6. The molecule has 2 unspecified atom stereocenters. The fourth-order valence-electron chi connectivity index (χ4n) is 3.88. The maximum absolute atomic E-state index is 13.5. The molecular weight excluding hydrogens is 361 g/mol. The van der Waals surface area contributed by atoms with Crippen molar-refractivity contribution in [3.05, 3.63) is 59.4 Å². The third-order valence-corrected chi connectivity index (χ3v) is 5.15. The maximum Gasteiger partial charge on any atom is 0.320 e. The number of methoxy groups -OCH3 is 1. The summed E-state index contributed by atoms with van der Waals surface area (Å²) in [5, 5.41) is 9.76. The van der Waals surface area contributed by atoms with Gasteiger partial charge in [-0.1, -0.05) is 24.6 Å². The summed E-state index contributed by atoms with van der Waals surface area (Å²) in [5.74, 6) is 0.0836. The van der Waals surface area contributed by atoms with Crippen LogP contribution in [0, 0.1) is 5.82 Å². The van der Waals surface area contributed by atoms with Crippen molar-refractivity contribution in [2.45, 2.75) is 38.3 Å². The first-order chi connectivity index (χ1) is 13.5. The molecule has 1 saturated heterocycles. The van der Waals surface area contributed by atoms with E-state index in [9.17, 15) is 14.3 Å². The number of nitrogens with zero attached hydrogens (tertiary/aromatic N) is 1. The maximum atomic E-state index is 13.5. The Balaban J connectivity index is 2.08. The molecule has 0 amide bonds. The molecule has 3 rings (SSSR count). The van der Waals surface area contributed by atoms with Crippen LogP contribution in [-0.4, -0.2) is 42.3 Å². The highest BCUT2D eigenvalue weighted by Crippen LogP contribution is 2.38. The van der Waals surface area contributed by atoms with Crippen molar-refractivity contribution in [1.29, 1.82) is 0 Å². The van der Waals surface area contributed by atoms with E-state index in [-0.39, 0.29) is 11.9 Å². The minimum Gasteiger partial charge on any atom is -0.493 e. The van der Waals surface area contributed by atoms with Crippen molar-refractivity contribution in [3.8, 4) is 11.5 Å². The Bertz CT molecular complexity index is 809. The van der Waals surface area contributed by atoms with Gasteiger partial charge in [-0.05, 0) is 61.7 Å². The minimum absolute atomic E-state index is 0.313. The smallest absolute Gasteiger partial charge is 0.320 e. The van der Waals surface area contributed by atoms with Gasteiger partial charge in [-0.25, -0.2) is 4.39 Å². The van der Waals surface area contributed by atoms with Crippen LogP contribution in [0.15, 0.2) is 42.5 Å². The third kappa shape index (κ3) is 4.28. The fraction of sp³-hybridized carbons (Fsp3) is 0.409. The van der Waals surface area contributed by atoms with Crippen molar-refractivity contribution < 1.29 is 23.8 Å². The summed E-state index contributed by atoms with van der Waals surface area (Å²) in [4.78, 5) is 13.9. The van der Waals surface area contributed by atoms with Gasteiger partial charge in [-0.2, -0.15) is 0 Å². The van der Waals surface area contributed by atoms with Gasteiger partial charge in [0.2, 0.25) is 0 Å². The molecule has 0 radical (unpaired) electrons. The first-order valence-electron chi connectivity index (χ1n) is 9.60. The van der Waals surface area contributed by atoms with E-state index in [0.29, 0.717) is 31.1 Å². The van der Waals surface area contributed by atoms with E-state index >= 15 is 0 Å². The van der Waals surface area contributed by atoms with E-state index in [2.05, 4.69) is 0 Å². The Morgan fingerprint density at radius 2 is 1.89 bits per heavy atom. The Morgan fingerprint density at radius 3 is 2.54 bits per heavy atom. The Hall–Kier alpha value is -2.60. The zero-order valence-electron chi connectivity index (χ0n) is 16.2. The summed E-state index contributed by atoms with van der Waals surface area (Å²) in [6, 6.07) is 11.0. The first-order valence-corrected chi connectivity index (χ1v) is 9.60. The Kier molecular flexibility index (Phi) is 6.52. The van der Waals surface area contributed by atoms with Gasteiger partial charge in [0.15, 0.2) is 11.5 Å². The van der Waals surface area contributed by atoms with E-state index in [4.69, 9.17) is 9.47 Å². The van der Waals surface area contributed by atoms with Gasteiger partial charge >= 0.3 is 5.97 Å². The van der Waals surface area contributed by atoms with Crippen LogP contribution in [0.25, 0.3) is 0 Å². The van der Waals surface area contributed by atoms with Crippen molar-refractivity contribution in [1.82, 2.24) is 4.90 Å². The minimum atomic E-state index is -0.829. The molecule has 6 heteroatoms. The zero-order chi connectivity index (χ0) is 20.1. The number of piperidine rings is 1. The third-order valence-electron chi connectivity index (χ3n) is 5.15. The molecule has 28 heavy (non-hydrogen) atoms. The van der Waals surface area contributed by atoms with E-state index in [1.807, 2.05) is 30.0 Å². The largest absolute Gasteiger partial charge is 0.493 e. The van der Waals surface area contributed by atoms with E-state index in [1.165, 1.54) is 12.1 Å². The summed E-state index contributed by atoms with van der Waals surface area (Å²) in [6.07, 6.45) is 2.41. The number of aliphatic carboxylic acids is 1. The quantitative estimate of drug-likeness (QED) is 0.769. The molecule has 1 N–H and O–H groups in total. The predicted molar refractivity (Wildman–Crippen MR) is 104 cm³/mol. The molecular formula is C22H26FNO4. The standard InChI is InChI=1S/C22H26FNO4/c1-3-28-19-12-9-16(14-20(19)27-2)21(15-7-10-17(23)11-8-15)24-13-5-4-6-18(24)22(25)26/h7-12,14,18,21H,3-6,13H2,1-2H3,(H,25,26). The number of halogens is 1. The normalized spacial score (nSPS) is 18.5. The van der Waals surface area contributed by atoms with Gasteiger partial charge in [0.05, 0.1) is 19.8 Å². The highest BCUT2D eigenvalue weighted by molar-refractivity contribution is 5.73. The highest BCUT2D eigenvalue weighted by Gasteiger charge is 2.35. The lowest BCUT2D eigenvalue weighted by atomic mass is 9.91. The van der Waals surface area contributed by atoms with Crippen LogP contribution in [0.1, 0.15) is 43.4 Å². The second kappa shape index (κ2) is 9.06. The molecule has 1 aliphatic heterocycles. The van der Waals surface area contributed by atoms with Gasteiger partial charge in [-0.15, -0.1) is 0 Å². The molecule has 1 aliphatic rings. The Labute approximate surface area is 164 Å². The van der Waals surface area contributed by atoms with Crippen LogP contribution in [0.5, 0.6) is 11.5 Å². The zero-order valence-corrected chi connectivity index (χ0v) is 16.2. The average Bonchev–Trinajstić information content (AvgIpc) is 2.71. The number of hydrogen-bond acceptors (Lipinski definition) is 4. The number of likely N-dealkylation sites (tertiary alicyclic amines) is 1. The van der Waals surface area contributed by atoms with Gasteiger partial charge < -0.3 is 14.6 Å². The number of carboxylic acid groups (broad SMARTS) is 1. The number of ether oxygens (including phenoxy) is 2. The average molecular weight is 387 g/mol. The van der Waals surface area contributed by atoms with Crippen LogP contribution in [-0.2, 0) is 4.79 Å². The fourth-order valence-corrected chi connectivity index (χ4v) is 3.88. The van der Waals surface area contributed by atoms with Gasteiger partial charge in [0.1, 0.15) is 11.9 Å². The summed E-state index contributed by atoms with van der Waals surface area (Å²) in [5.41, 5.74) is 1.74. The molecule has 0 aromatic heterocycles. The van der Waals surface area contributed by atoms with Crippen LogP contribution < -0.4 is 9.47 Å². The van der Waals surface area contributed by atoms with E-state index in [1.54, 1.807) is 19.2 Å². The lowest BCUT2D eigenvalue weighted by Crippen LogP contribution is -2.46. The van der Waals surface area contributed by atoms with Crippen LogP contribution in [0.4, 0.5) is 4.39 Å². The topological polar surface area (TPSA) is 59.0 Å². The Morgan fingerprint density at radius 1 is 1.18 bits per heavy atom. The predicted octanol–water partition coefficient (Wildman–Crippen LogP) is 4.26. The van der Waals surface area contributed by atoms with Crippen LogP contribution in [0.3, 0.4) is 0 Å². The lowest BCUT2D eigenvalue weighted by molar-refractivity contribution is -0.145. The molecule has 1 heterocycles. The van der Waals surface area contributed by atoms with Crippen molar-refractivity contribution >= 4 is 5.97 Å². The van der Waals surface area contributed by atoms with Crippen LogP contribution >= 0.6 is 0 Å². The second-order valence-corrected chi connectivity index (χ2v) is 6.89. The summed E-state index contributed by atoms with van der Waals surface area (Å²) in [7, 11) is 1.58. The van der Waals surface area contributed by atoms with Crippen molar-refractivity contribution in [3.63, 3.8) is 0 Å². The molecule has 2 aromatic carbocycles. The molecule has 150 valence electrons. The summed E-state index contributed by atoms with van der Waals surface area (Å²) in [6.45, 7) is 3.08. The lowest BCUT2D eigenvalue weighted by Gasteiger charge is -2.39. The number of carboxylic acids is 1. The van der Waals surface area contributed by atoms with Crippen molar-refractivity contribution in [2.75, 3.05) is 20.3 Å². The van der Waals surface area contributed by atoms with Crippen molar-refractivity contribution in [2.24, 2.45) is 0 Å². The van der Waals surface area contributed by atoms with Gasteiger partial charge in [0, 0.05) is 0 Å². The van der Waals surface area contributed by atoms with Gasteiger partial charge in [-0.3, -0.25) is 9.69 Å². The number of hydrogen-bond donors (Lipinski definition) is 1. The second-order valence-electron chi connectivity index (χ2n) is 6.89. The summed E-state index contributed by atoms with van der Waals surface area (Å²) >= 11 is 0. The van der Waals surface area contributed by atoms with Crippen LogP contribution in [0.2, 0.25) is 0 Å². The first kappa shape index (κ1) is 20.1. The molecule has 2 atom stereocenters. The van der Waals surface area contributed by atoms with Gasteiger partial charge in [0.25, 0.3) is 0 Å². The molecule has 2 aromatic rings. The molecule has 5 nitrogen and oxygen atoms in total. The number of rotatable bonds is 7. The number of carbonyl (C=O) groups is 1.